The minimum atomic E-state index is -1.09. The maximum atomic E-state index is 10.8. The van der Waals surface area contributed by atoms with Crippen molar-refractivity contribution in [2.75, 3.05) is 5.75 Å². The molecule has 0 saturated heterocycles. The zero-order chi connectivity index (χ0) is 14.3. The molecule has 2 N–H and O–H groups in total. The minimum Gasteiger partial charge on any atom is -0.480 e. The first-order valence-corrected chi connectivity index (χ1v) is 6.53. The van der Waals surface area contributed by atoms with E-state index in [0.29, 0.717) is 5.69 Å². The molecule has 0 heterocycles. The number of hydrogen-bond donors (Lipinski definition) is 2. The standard InChI is InChI=1S/C12H15N3O3S/c1-8-3-5-10(6-4-8)14-15-19-7-11(12(17)18)13-9(2)16/h3-6,11H,7H2,1-2H3,(H,13,16)(H,17,18)/t11-/m0/s1. The number of nitrogens with one attached hydrogen (secondary N) is 1. The number of carbonyl (C=O) groups excluding carboxylic acids is 1. The first-order valence-electron chi connectivity index (χ1n) is 5.58. The summed E-state index contributed by atoms with van der Waals surface area (Å²) in [5.41, 5.74) is 1.83. The molecule has 0 saturated carbocycles. The van der Waals surface area contributed by atoms with Crippen LogP contribution in [0, 0.1) is 6.92 Å². The molecule has 0 bridgehead atoms. The van der Waals surface area contributed by atoms with Crippen molar-refractivity contribution in [3.63, 3.8) is 0 Å². The molecule has 0 fully saturated rings. The summed E-state index contributed by atoms with van der Waals surface area (Å²) in [6, 6.07) is 6.51. The lowest BCUT2D eigenvalue weighted by Crippen LogP contribution is -2.41. The maximum Gasteiger partial charge on any atom is 0.327 e. The van der Waals surface area contributed by atoms with Crippen LogP contribution in [0.2, 0.25) is 0 Å². The van der Waals surface area contributed by atoms with E-state index in [9.17, 15) is 9.59 Å². The van der Waals surface area contributed by atoms with Crippen molar-refractivity contribution in [1.82, 2.24) is 5.32 Å². The average Bonchev–Trinajstić information content (AvgIpc) is 2.34. The highest BCUT2D eigenvalue weighted by molar-refractivity contribution is 7.97. The first-order chi connectivity index (χ1) is 8.99. The third-order valence-electron chi connectivity index (χ3n) is 2.16. The van der Waals surface area contributed by atoms with E-state index in [0.717, 1.165) is 17.5 Å². The molecule has 6 nitrogen and oxygen atoms in total. The van der Waals surface area contributed by atoms with E-state index >= 15 is 0 Å². The summed E-state index contributed by atoms with van der Waals surface area (Å²) in [4.78, 5) is 21.6. The highest BCUT2D eigenvalue weighted by atomic mass is 32.2. The molecule has 0 radical (unpaired) electrons. The van der Waals surface area contributed by atoms with E-state index in [1.807, 2.05) is 31.2 Å². The molecule has 0 aromatic heterocycles. The second kappa shape index (κ2) is 7.52. The van der Waals surface area contributed by atoms with Crippen LogP contribution in [-0.2, 0) is 9.59 Å². The lowest BCUT2D eigenvalue weighted by atomic mass is 10.2. The van der Waals surface area contributed by atoms with E-state index in [4.69, 9.17) is 5.11 Å². The topological polar surface area (TPSA) is 91.1 Å². The average molecular weight is 281 g/mol. The Morgan fingerprint density at radius 1 is 1.37 bits per heavy atom. The summed E-state index contributed by atoms with van der Waals surface area (Å²) in [6.45, 7) is 3.25. The second-order valence-corrected chi connectivity index (χ2v) is 4.66. The lowest BCUT2D eigenvalue weighted by molar-refractivity contribution is -0.140. The molecular formula is C12H15N3O3S. The van der Waals surface area contributed by atoms with Crippen molar-refractivity contribution < 1.29 is 14.7 Å². The Morgan fingerprint density at radius 2 is 2.00 bits per heavy atom. The van der Waals surface area contributed by atoms with Crippen LogP contribution >= 0.6 is 11.9 Å². The molecular weight excluding hydrogens is 266 g/mol. The highest BCUT2D eigenvalue weighted by Crippen LogP contribution is 2.16. The summed E-state index contributed by atoms with van der Waals surface area (Å²) in [5.74, 6) is -1.35. The predicted octanol–water partition coefficient (Wildman–Crippen LogP) is 2.32. The summed E-state index contributed by atoms with van der Waals surface area (Å²) in [7, 11) is 0. The van der Waals surface area contributed by atoms with Crippen LogP contribution in [-0.4, -0.2) is 28.8 Å². The van der Waals surface area contributed by atoms with Crippen LogP contribution < -0.4 is 5.32 Å². The van der Waals surface area contributed by atoms with Gasteiger partial charge in [0.1, 0.15) is 6.04 Å². The lowest BCUT2D eigenvalue weighted by Gasteiger charge is -2.10. The van der Waals surface area contributed by atoms with E-state index < -0.39 is 12.0 Å². The number of hydrogen-bond acceptors (Lipinski definition) is 5. The van der Waals surface area contributed by atoms with E-state index in [1.54, 1.807) is 0 Å². The third-order valence-corrected chi connectivity index (χ3v) is 2.84. The molecule has 0 aliphatic heterocycles. The maximum absolute atomic E-state index is 10.8. The van der Waals surface area contributed by atoms with E-state index in [1.165, 1.54) is 6.92 Å². The third kappa shape index (κ3) is 6.01. The molecule has 1 rings (SSSR count). The summed E-state index contributed by atoms with van der Waals surface area (Å²) in [6.07, 6.45) is 0. The van der Waals surface area contributed by atoms with Crippen molar-refractivity contribution in [3.8, 4) is 0 Å². The summed E-state index contributed by atoms with van der Waals surface area (Å²) < 4.78 is 3.83. The minimum absolute atomic E-state index is 0.129. The number of aryl methyl sites for hydroxylation is 1. The zero-order valence-electron chi connectivity index (χ0n) is 10.7. The largest absolute Gasteiger partial charge is 0.480 e. The van der Waals surface area contributed by atoms with Crippen LogP contribution in [0.1, 0.15) is 12.5 Å². The highest BCUT2D eigenvalue weighted by Gasteiger charge is 2.17. The Labute approximate surface area is 115 Å². The summed E-state index contributed by atoms with van der Waals surface area (Å²) in [5, 5.41) is 15.1. The van der Waals surface area contributed by atoms with Crippen LogP contribution in [0.15, 0.2) is 33.9 Å². The van der Waals surface area contributed by atoms with Gasteiger partial charge in [0.2, 0.25) is 5.91 Å². The Balaban J connectivity index is 2.45. The number of nitrogens with zero attached hydrogens (tertiary/aromatic N) is 2. The quantitative estimate of drug-likeness (QED) is 0.618. The molecule has 19 heavy (non-hydrogen) atoms. The monoisotopic (exact) mass is 281 g/mol. The van der Waals surface area contributed by atoms with Gasteiger partial charge in [-0.15, -0.1) is 9.63 Å². The number of amides is 1. The molecule has 0 spiro atoms. The van der Waals surface area contributed by atoms with Gasteiger partial charge in [-0.05, 0) is 19.1 Å². The molecule has 1 atom stereocenters. The van der Waals surface area contributed by atoms with Gasteiger partial charge in [-0.3, -0.25) is 4.79 Å². The van der Waals surface area contributed by atoms with Gasteiger partial charge in [-0.25, -0.2) is 4.79 Å². The van der Waals surface area contributed by atoms with Crippen LogP contribution in [0.5, 0.6) is 0 Å². The molecule has 1 aromatic rings. The fraction of sp³-hybridized carbons (Fsp3) is 0.333. The zero-order valence-corrected chi connectivity index (χ0v) is 11.5. The summed E-state index contributed by atoms with van der Waals surface area (Å²) >= 11 is 0.993. The van der Waals surface area contributed by atoms with E-state index in [2.05, 4.69) is 15.0 Å². The number of carboxylic acids is 1. The molecule has 0 aliphatic rings. The van der Waals surface area contributed by atoms with Crippen LogP contribution in [0.3, 0.4) is 0 Å². The Kier molecular flexibility index (Phi) is 6.01. The van der Waals surface area contributed by atoms with Gasteiger partial charge in [0.05, 0.1) is 5.69 Å². The molecule has 1 amide bonds. The molecule has 1 aromatic carbocycles. The van der Waals surface area contributed by atoms with Gasteiger partial charge >= 0.3 is 5.97 Å². The molecule has 0 aliphatic carbocycles. The number of carboxylic acid groups (broad SMARTS) is 1. The van der Waals surface area contributed by atoms with Gasteiger partial charge in [-0.2, -0.15) is 0 Å². The van der Waals surface area contributed by atoms with Crippen LogP contribution in [0.25, 0.3) is 0 Å². The van der Waals surface area contributed by atoms with Crippen molar-refractivity contribution in [1.29, 1.82) is 0 Å². The second-order valence-electron chi connectivity index (χ2n) is 3.90. The van der Waals surface area contributed by atoms with E-state index in [-0.39, 0.29) is 11.7 Å². The number of rotatable bonds is 6. The Morgan fingerprint density at radius 3 is 2.53 bits per heavy atom. The van der Waals surface area contributed by atoms with Gasteiger partial charge in [0, 0.05) is 24.6 Å². The number of benzene rings is 1. The normalized spacial score (nSPS) is 12.3. The van der Waals surface area contributed by atoms with Gasteiger partial charge in [0.15, 0.2) is 0 Å². The van der Waals surface area contributed by atoms with Gasteiger partial charge in [-0.1, -0.05) is 17.7 Å². The van der Waals surface area contributed by atoms with Crippen molar-refractivity contribution in [2.24, 2.45) is 9.63 Å². The van der Waals surface area contributed by atoms with Crippen LogP contribution in [0.4, 0.5) is 5.69 Å². The number of aliphatic carboxylic acids is 1. The fourth-order valence-corrected chi connectivity index (χ4v) is 1.81. The SMILES string of the molecule is CC(=O)N[C@@H](CSN=Nc1ccc(C)cc1)C(=O)O. The van der Waals surface area contributed by atoms with Crippen molar-refractivity contribution in [2.45, 2.75) is 19.9 Å². The molecule has 7 heteroatoms. The Hall–Kier alpha value is -1.89. The number of carbonyl (C=O) groups is 2. The van der Waals surface area contributed by atoms with Gasteiger partial charge in [0.25, 0.3) is 0 Å². The predicted molar refractivity (Wildman–Crippen MR) is 73.4 cm³/mol. The Bertz CT molecular complexity index is 474. The molecule has 0 unspecified atom stereocenters. The first kappa shape index (κ1) is 15.2. The van der Waals surface area contributed by atoms with Crippen molar-refractivity contribution >= 4 is 29.5 Å². The molecule has 102 valence electrons. The van der Waals surface area contributed by atoms with Crippen molar-refractivity contribution in [3.05, 3.63) is 29.8 Å². The fourth-order valence-electron chi connectivity index (χ4n) is 1.22. The van der Waals surface area contributed by atoms with Gasteiger partial charge < -0.3 is 10.4 Å². The smallest absolute Gasteiger partial charge is 0.327 e.